The lowest BCUT2D eigenvalue weighted by Gasteiger charge is -2.38. The molecule has 1 aromatic heterocycles. The number of rotatable bonds is 8. The average Bonchev–Trinajstić information content (AvgIpc) is 3.42. The Morgan fingerprint density at radius 1 is 0.881 bits per heavy atom. The SMILES string of the molecule is COc1ccc(-c2nc3n(n2)C(c2ccc(OCc4ccccc4)c(OC)c2)C2=C(CC(C)(C)CC2=O)N3)cc1OC. The van der Waals surface area contributed by atoms with E-state index in [1.165, 1.54) is 0 Å². The molecule has 1 aliphatic heterocycles. The summed E-state index contributed by atoms with van der Waals surface area (Å²) >= 11 is 0. The summed E-state index contributed by atoms with van der Waals surface area (Å²) in [5.74, 6) is 3.56. The molecule has 2 heterocycles. The number of methoxy groups -OCH3 is 3. The number of nitrogens with one attached hydrogen (secondary N) is 1. The highest BCUT2D eigenvalue weighted by Crippen LogP contribution is 2.47. The first-order valence-electron chi connectivity index (χ1n) is 13.9. The number of aromatic nitrogens is 3. The molecule has 0 radical (unpaired) electrons. The predicted octanol–water partition coefficient (Wildman–Crippen LogP) is 6.21. The van der Waals surface area contributed by atoms with Crippen molar-refractivity contribution >= 4 is 11.7 Å². The number of fused-ring (bicyclic) bond motifs is 1. The van der Waals surface area contributed by atoms with E-state index in [-0.39, 0.29) is 11.2 Å². The summed E-state index contributed by atoms with van der Waals surface area (Å²) in [6.07, 6.45) is 1.17. The van der Waals surface area contributed by atoms with Crippen LogP contribution >= 0.6 is 0 Å². The molecule has 6 rings (SSSR count). The van der Waals surface area contributed by atoms with Gasteiger partial charge in [0.05, 0.1) is 21.3 Å². The fourth-order valence-electron chi connectivity index (χ4n) is 5.72. The Hall–Kier alpha value is -4.79. The lowest BCUT2D eigenvalue weighted by molar-refractivity contribution is -0.118. The molecule has 0 saturated heterocycles. The van der Waals surface area contributed by atoms with Crippen LogP contribution in [0, 0.1) is 5.41 Å². The van der Waals surface area contributed by atoms with E-state index in [2.05, 4.69) is 19.2 Å². The van der Waals surface area contributed by atoms with Crippen LogP contribution in [0.25, 0.3) is 11.4 Å². The van der Waals surface area contributed by atoms with Crippen LogP contribution in [0.1, 0.15) is 43.9 Å². The Labute approximate surface area is 245 Å². The van der Waals surface area contributed by atoms with Crippen molar-refractivity contribution in [2.75, 3.05) is 26.6 Å². The van der Waals surface area contributed by atoms with E-state index in [1.54, 1.807) is 26.0 Å². The van der Waals surface area contributed by atoms with Crippen molar-refractivity contribution in [3.8, 4) is 34.4 Å². The first-order valence-corrected chi connectivity index (χ1v) is 13.9. The summed E-state index contributed by atoms with van der Waals surface area (Å²) in [6.45, 7) is 4.64. The summed E-state index contributed by atoms with van der Waals surface area (Å²) in [6, 6.07) is 20.8. The monoisotopic (exact) mass is 566 g/mol. The molecule has 9 heteroatoms. The molecule has 0 saturated carbocycles. The van der Waals surface area contributed by atoms with Gasteiger partial charge in [0.25, 0.3) is 0 Å². The molecule has 0 amide bonds. The Morgan fingerprint density at radius 3 is 2.33 bits per heavy atom. The van der Waals surface area contributed by atoms with Crippen LogP contribution in [0.2, 0.25) is 0 Å². The second-order valence-electron chi connectivity index (χ2n) is 11.3. The fraction of sp³-hybridized carbons (Fsp3) is 0.303. The highest BCUT2D eigenvalue weighted by Gasteiger charge is 2.42. The lowest BCUT2D eigenvalue weighted by Crippen LogP contribution is -2.36. The normalized spacial score (nSPS) is 17.2. The molecular weight excluding hydrogens is 532 g/mol. The molecule has 3 aromatic carbocycles. The molecule has 1 aliphatic carbocycles. The predicted molar refractivity (Wildman–Crippen MR) is 159 cm³/mol. The molecule has 1 atom stereocenters. The van der Waals surface area contributed by atoms with Crippen molar-refractivity contribution in [2.24, 2.45) is 5.41 Å². The van der Waals surface area contributed by atoms with E-state index in [9.17, 15) is 4.79 Å². The molecule has 4 aromatic rings. The molecule has 1 unspecified atom stereocenters. The summed E-state index contributed by atoms with van der Waals surface area (Å²) in [5, 5.41) is 8.35. The number of anilines is 1. The van der Waals surface area contributed by atoms with Gasteiger partial charge in [0.2, 0.25) is 5.95 Å². The van der Waals surface area contributed by atoms with Gasteiger partial charge in [-0.25, -0.2) is 4.68 Å². The molecular formula is C33H34N4O5. The standard InChI is InChI=1S/C33H34N4O5/c1-33(2)17-23-29(24(38)18-33)30(21-11-14-26(28(15-21)41-5)42-19-20-9-7-6-8-10-20)37-32(34-23)35-31(36-37)22-12-13-25(39-3)27(16-22)40-4/h6-16,30H,17-19H2,1-5H3,(H,34,35,36). The van der Waals surface area contributed by atoms with Crippen molar-refractivity contribution in [3.63, 3.8) is 0 Å². The van der Waals surface area contributed by atoms with Crippen LogP contribution in [-0.2, 0) is 11.4 Å². The minimum atomic E-state index is -0.488. The zero-order valence-corrected chi connectivity index (χ0v) is 24.4. The topological polar surface area (TPSA) is 96.7 Å². The number of allylic oxidation sites excluding steroid dienone is 2. The summed E-state index contributed by atoms with van der Waals surface area (Å²) in [5.41, 5.74) is 4.08. The largest absolute Gasteiger partial charge is 0.493 e. The quantitative estimate of drug-likeness (QED) is 0.269. The van der Waals surface area contributed by atoms with Crippen molar-refractivity contribution < 1.29 is 23.7 Å². The van der Waals surface area contributed by atoms with Crippen LogP contribution in [0.3, 0.4) is 0 Å². The number of carbonyl (C=O) groups excluding carboxylic acids is 1. The number of carbonyl (C=O) groups is 1. The van der Waals surface area contributed by atoms with Crippen molar-refractivity contribution in [3.05, 3.63) is 89.1 Å². The van der Waals surface area contributed by atoms with E-state index in [0.717, 1.165) is 28.8 Å². The fourth-order valence-corrected chi connectivity index (χ4v) is 5.72. The third kappa shape index (κ3) is 5.06. The van der Waals surface area contributed by atoms with Crippen molar-refractivity contribution in [1.82, 2.24) is 14.8 Å². The first-order chi connectivity index (χ1) is 20.3. The Bertz CT molecular complexity index is 1680. The number of Topliss-reactive ketones (excluding diaryl/α,β-unsaturated/α-hetero) is 1. The van der Waals surface area contributed by atoms with E-state index in [0.29, 0.717) is 53.4 Å². The van der Waals surface area contributed by atoms with Gasteiger partial charge in [-0.05, 0) is 53.3 Å². The molecule has 216 valence electrons. The molecule has 0 fully saturated rings. The van der Waals surface area contributed by atoms with Gasteiger partial charge < -0.3 is 24.3 Å². The molecule has 42 heavy (non-hydrogen) atoms. The maximum atomic E-state index is 13.7. The van der Waals surface area contributed by atoms with Gasteiger partial charge in [0, 0.05) is 23.3 Å². The molecule has 1 N–H and O–H groups in total. The number of hydrogen-bond donors (Lipinski definition) is 1. The first kappa shape index (κ1) is 27.4. The minimum absolute atomic E-state index is 0.0935. The lowest BCUT2D eigenvalue weighted by atomic mass is 9.73. The summed E-state index contributed by atoms with van der Waals surface area (Å²) < 4.78 is 24.6. The van der Waals surface area contributed by atoms with Gasteiger partial charge in [-0.2, -0.15) is 4.98 Å². The van der Waals surface area contributed by atoms with Gasteiger partial charge in [0.1, 0.15) is 12.6 Å². The van der Waals surface area contributed by atoms with E-state index in [4.69, 9.17) is 29.0 Å². The molecule has 0 spiro atoms. The summed E-state index contributed by atoms with van der Waals surface area (Å²) in [4.78, 5) is 18.6. The zero-order valence-electron chi connectivity index (χ0n) is 24.4. The number of nitrogens with zero attached hydrogens (tertiary/aromatic N) is 3. The Kier molecular flexibility index (Phi) is 7.10. The second-order valence-corrected chi connectivity index (χ2v) is 11.3. The zero-order chi connectivity index (χ0) is 29.4. The summed E-state index contributed by atoms with van der Waals surface area (Å²) in [7, 11) is 4.81. The van der Waals surface area contributed by atoms with Crippen LogP contribution < -0.4 is 24.3 Å². The minimum Gasteiger partial charge on any atom is -0.493 e. The van der Waals surface area contributed by atoms with Gasteiger partial charge in [-0.1, -0.05) is 50.2 Å². The van der Waals surface area contributed by atoms with E-state index >= 15 is 0 Å². The molecule has 2 aliphatic rings. The maximum absolute atomic E-state index is 13.7. The second kappa shape index (κ2) is 10.9. The molecule has 0 bridgehead atoms. The van der Waals surface area contributed by atoms with E-state index < -0.39 is 6.04 Å². The average molecular weight is 567 g/mol. The Morgan fingerprint density at radius 2 is 1.60 bits per heavy atom. The van der Waals surface area contributed by atoms with E-state index in [1.807, 2.05) is 66.7 Å². The van der Waals surface area contributed by atoms with Crippen LogP contribution in [0.4, 0.5) is 5.95 Å². The number of benzene rings is 3. The Balaban J connectivity index is 1.42. The number of ketones is 1. The highest BCUT2D eigenvalue weighted by molar-refractivity contribution is 6.00. The van der Waals surface area contributed by atoms with Gasteiger partial charge in [0.15, 0.2) is 34.6 Å². The van der Waals surface area contributed by atoms with Crippen LogP contribution in [-0.4, -0.2) is 41.9 Å². The third-order valence-corrected chi connectivity index (χ3v) is 7.71. The van der Waals surface area contributed by atoms with Crippen LogP contribution in [0.15, 0.2) is 78.0 Å². The number of ether oxygens (including phenoxy) is 4. The third-order valence-electron chi connectivity index (χ3n) is 7.71. The van der Waals surface area contributed by atoms with Crippen LogP contribution in [0.5, 0.6) is 23.0 Å². The number of hydrogen-bond acceptors (Lipinski definition) is 8. The highest BCUT2D eigenvalue weighted by atomic mass is 16.5. The van der Waals surface area contributed by atoms with Crippen molar-refractivity contribution in [1.29, 1.82) is 0 Å². The van der Waals surface area contributed by atoms with Gasteiger partial charge in [-0.15, -0.1) is 5.10 Å². The van der Waals surface area contributed by atoms with Crippen molar-refractivity contribution in [2.45, 2.75) is 39.3 Å². The van der Waals surface area contributed by atoms with Gasteiger partial charge >= 0.3 is 0 Å². The maximum Gasteiger partial charge on any atom is 0.226 e. The van der Waals surface area contributed by atoms with Gasteiger partial charge in [-0.3, -0.25) is 4.79 Å². The smallest absolute Gasteiger partial charge is 0.226 e. The molecule has 9 nitrogen and oxygen atoms in total.